The van der Waals surface area contributed by atoms with Crippen LogP contribution < -0.4 is 20.7 Å². The molecule has 28 heavy (non-hydrogen) atoms. The van der Waals surface area contributed by atoms with Gasteiger partial charge in [0.25, 0.3) is 0 Å². The molecule has 3 N–H and O–H groups in total. The maximum absolute atomic E-state index is 11.9. The van der Waals surface area contributed by atoms with Crippen LogP contribution in [-0.4, -0.2) is 42.7 Å². The number of ether oxygens (including phenoxy) is 2. The molecule has 1 aromatic carbocycles. The predicted octanol–water partition coefficient (Wildman–Crippen LogP) is 3.24. The van der Waals surface area contributed by atoms with Crippen molar-refractivity contribution in [1.82, 2.24) is 9.97 Å². The van der Waals surface area contributed by atoms with Gasteiger partial charge in [0.2, 0.25) is 0 Å². The Balaban J connectivity index is 1.76. The topological polar surface area (TPSA) is 103 Å². The van der Waals surface area contributed by atoms with Crippen LogP contribution in [-0.2, 0) is 9.53 Å². The van der Waals surface area contributed by atoms with E-state index in [2.05, 4.69) is 20.2 Å². The Kier molecular flexibility index (Phi) is 6.41. The number of methoxy groups -OCH3 is 1. The van der Waals surface area contributed by atoms with Gasteiger partial charge in [-0.1, -0.05) is 11.6 Å². The zero-order valence-electron chi connectivity index (χ0n) is 15.9. The number of nitrogens with two attached hydrogens (primary N) is 1. The van der Waals surface area contributed by atoms with Crippen LogP contribution in [0.4, 0.5) is 23.0 Å². The summed E-state index contributed by atoms with van der Waals surface area (Å²) >= 11 is 6.09. The van der Waals surface area contributed by atoms with Gasteiger partial charge in [0, 0.05) is 18.1 Å². The maximum Gasteiger partial charge on any atom is 0.309 e. The number of piperidine rings is 1. The van der Waals surface area contributed by atoms with Gasteiger partial charge < -0.3 is 25.4 Å². The van der Waals surface area contributed by atoms with Crippen LogP contribution in [0.1, 0.15) is 19.8 Å². The van der Waals surface area contributed by atoms with Gasteiger partial charge in [-0.3, -0.25) is 4.79 Å². The summed E-state index contributed by atoms with van der Waals surface area (Å²) in [7, 11) is 1.58. The van der Waals surface area contributed by atoms with E-state index in [1.165, 1.54) is 6.33 Å². The lowest BCUT2D eigenvalue weighted by atomic mass is 9.97. The van der Waals surface area contributed by atoms with E-state index in [9.17, 15) is 4.79 Å². The van der Waals surface area contributed by atoms with Crippen LogP contribution in [0.25, 0.3) is 0 Å². The summed E-state index contributed by atoms with van der Waals surface area (Å²) in [6.07, 6.45) is 2.86. The number of nitrogens with zero attached hydrogens (tertiary/aromatic N) is 3. The summed E-state index contributed by atoms with van der Waals surface area (Å²) in [4.78, 5) is 22.6. The van der Waals surface area contributed by atoms with E-state index < -0.39 is 0 Å². The van der Waals surface area contributed by atoms with E-state index in [0.717, 1.165) is 0 Å². The van der Waals surface area contributed by atoms with Gasteiger partial charge in [0.15, 0.2) is 11.6 Å². The Hall–Kier alpha value is -2.74. The highest BCUT2D eigenvalue weighted by atomic mass is 35.5. The number of carbonyl (C=O) groups is 1. The number of esters is 1. The molecule has 8 nitrogen and oxygen atoms in total. The van der Waals surface area contributed by atoms with Crippen molar-refractivity contribution in [2.24, 2.45) is 5.92 Å². The summed E-state index contributed by atoms with van der Waals surface area (Å²) in [6, 6.07) is 5.25. The SMILES string of the molecule is CCOC(=O)C1CCN(c2ncnc(Nc3cc(Cl)ccc3OC)c2N)CC1. The fourth-order valence-electron chi connectivity index (χ4n) is 3.23. The quantitative estimate of drug-likeness (QED) is 0.706. The molecule has 0 unspecified atom stereocenters. The van der Waals surface area contributed by atoms with Crippen molar-refractivity contribution in [2.45, 2.75) is 19.8 Å². The number of aromatic nitrogens is 2. The number of nitrogen functional groups attached to an aromatic ring is 1. The number of nitrogens with one attached hydrogen (secondary N) is 1. The van der Waals surface area contributed by atoms with Crippen LogP contribution in [0.15, 0.2) is 24.5 Å². The van der Waals surface area contributed by atoms with Crippen LogP contribution >= 0.6 is 11.6 Å². The zero-order chi connectivity index (χ0) is 20.1. The fourth-order valence-corrected chi connectivity index (χ4v) is 3.40. The van der Waals surface area contributed by atoms with Gasteiger partial charge in [0.1, 0.15) is 17.8 Å². The van der Waals surface area contributed by atoms with E-state index >= 15 is 0 Å². The molecule has 0 radical (unpaired) electrons. The van der Waals surface area contributed by atoms with Crippen molar-refractivity contribution in [3.8, 4) is 5.75 Å². The van der Waals surface area contributed by atoms with Gasteiger partial charge in [-0.25, -0.2) is 9.97 Å². The summed E-state index contributed by atoms with van der Waals surface area (Å²) in [5, 5.41) is 3.74. The van der Waals surface area contributed by atoms with Crippen LogP contribution in [0.3, 0.4) is 0 Å². The highest BCUT2D eigenvalue weighted by Gasteiger charge is 2.28. The molecule has 0 amide bonds. The Bertz CT molecular complexity index is 840. The number of hydrogen-bond acceptors (Lipinski definition) is 8. The summed E-state index contributed by atoms with van der Waals surface area (Å²) in [5.41, 5.74) is 7.43. The Morgan fingerprint density at radius 2 is 2.11 bits per heavy atom. The third-order valence-corrected chi connectivity index (χ3v) is 4.93. The molecule has 1 aliphatic rings. The molecule has 0 atom stereocenters. The normalized spacial score (nSPS) is 14.6. The van der Waals surface area contributed by atoms with Gasteiger partial charge >= 0.3 is 5.97 Å². The highest BCUT2D eigenvalue weighted by Crippen LogP contribution is 2.35. The molecule has 3 rings (SSSR count). The molecule has 9 heteroatoms. The van der Waals surface area contributed by atoms with Crippen molar-refractivity contribution in [1.29, 1.82) is 0 Å². The van der Waals surface area contributed by atoms with Gasteiger partial charge in [0.05, 0.1) is 25.3 Å². The second-order valence-electron chi connectivity index (χ2n) is 6.44. The van der Waals surface area contributed by atoms with Crippen molar-refractivity contribution in [2.75, 3.05) is 42.8 Å². The van der Waals surface area contributed by atoms with E-state index in [1.54, 1.807) is 25.3 Å². The molecule has 0 aliphatic carbocycles. The molecule has 150 valence electrons. The monoisotopic (exact) mass is 405 g/mol. The molecule has 2 heterocycles. The average molecular weight is 406 g/mol. The number of halogens is 1. The Morgan fingerprint density at radius 1 is 1.36 bits per heavy atom. The Labute approximate surface area is 169 Å². The lowest BCUT2D eigenvalue weighted by Crippen LogP contribution is -2.37. The molecule has 2 aromatic rings. The number of rotatable bonds is 6. The minimum Gasteiger partial charge on any atom is -0.495 e. The maximum atomic E-state index is 11.9. The first-order chi connectivity index (χ1) is 13.5. The number of benzene rings is 1. The zero-order valence-corrected chi connectivity index (χ0v) is 16.7. The van der Waals surface area contributed by atoms with Crippen molar-refractivity contribution in [3.63, 3.8) is 0 Å². The minimum atomic E-state index is -0.131. The second-order valence-corrected chi connectivity index (χ2v) is 6.88. The largest absolute Gasteiger partial charge is 0.495 e. The first-order valence-corrected chi connectivity index (χ1v) is 9.53. The van der Waals surface area contributed by atoms with Crippen molar-refractivity contribution >= 4 is 40.6 Å². The highest BCUT2D eigenvalue weighted by molar-refractivity contribution is 6.31. The minimum absolute atomic E-state index is 0.0763. The van der Waals surface area contributed by atoms with Crippen molar-refractivity contribution < 1.29 is 14.3 Å². The van der Waals surface area contributed by atoms with Crippen LogP contribution in [0.5, 0.6) is 5.75 Å². The lowest BCUT2D eigenvalue weighted by molar-refractivity contribution is -0.148. The molecule has 1 aliphatic heterocycles. The van der Waals surface area contributed by atoms with Crippen LogP contribution in [0, 0.1) is 5.92 Å². The number of carbonyl (C=O) groups excluding carboxylic acids is 1. The first kappa shape index (κ1) is 20.0. The van der Waals surface area contributed by atoms with Crippen LogP contribution in [0.2, 0.25) is 5.02 Å². The molecule has 1 fully saturated rings. The number of hydrogen-bond donors (Lipinski definition) is 2. The lowest BCUT2D eigenvalue weighted by Gasteiger charge is -2.32. The van der Waals surface area contributed by atoms with E-state index in [1.807, 2.05) is 6.92 Å². The summed E-state index contributed by atoms with van der Waals surface area (Å²) < 4.78 is 10.5. The smallest absolute Gasteiger partial charge is 0.309 e. The average Bonchev–Trinajstić information content (AvgIpc) is 2.70. The number of anilines is 4. The standard InChI is InChI=1S/C19H24ClN5O3/c1-3-28-19(26)12-6-8-25(9-7-12)18-16(21)17(22-11-23-18)24-14-10-13(20)4-5-15(14)27-2/h4-5,10-12H,3,6-9,21H2,1-2H3,(H,22,23,24). The van der Waals surface area contributed by atoms with Gasteiger partial charge in [-0.15, -0.1) is 0 Å². The van der Waals surface area contributed by atoms with E-state index in [4.69, 9.17) is 26.8 Å². The molecular formula is C19H24ClN5O3. The third-order valence-electron chi connectivity index (χ3n) is 4.69. The van der Waals surface area contributed by atoms with Gasteiger partial charge in [-0.05, 0) is 38.0 Å². The Morgan fingerprint density at radius 3 is 2.79 bits per heavy atom. The molecule has 1 saturated heterocycles. The predicted molar refractivity (Wildman–Crippen MR) is 109 cm³/mol. The molecule has 0 saturated carbocycles. The molecule has 1 aromatic heterocycles. The molecule has 0 spiro atoms. The van der Waals surface area contributed by atoms with E-state index in [0.29, 0.717) is 66.3 Å². The second kappa shape index (κ2) is 8.97. The fraction of sp³-hybridized carbons (Fsp3) is 0.421. The summed E-state index contributed by atoms with van der Waals surface area (Å²) in [6.45, 7) is 3.56. The molecular weight excluding hydrogens is 382 g/mol. The molecule has 0 bridgehead atoms. The third kappa shape index (κ3) is 4.39. The van der Waals surface area contributed by atoms with Crippen molar-refractivity contribution in [3.05, 3.63) is 29.5 Å². The van der Waals surface area contributed by atoms with E-state index in [-0.39, 0.29) is 11.9 Å². The summed E-state index contributed by atoms with van der Waals surface area (Å²) in [5.74, 6) is 1.53. The first-order valence-electron chi connectivity index (χ1n) is 9.16. The van der Waals surface area contributed by atoms with Gasteiger partial charge in [-0.2, -0.15) is 0 Å².